The predicted molar refractivity (Wildman–Crippen MR) is 53.4 cm³/mol. The van der Waals surface area contributed by atoms with Crippen molar-refractivity contribution < 1.29 is 4.79 Å². The molecule has 0 bridgehead atoms. The zero-order chi connectivity index (χ0) is 9.47. The first-order chi connectivity index (χ1) is 6.12. The number of rotatable bonds is 0. The molecule has 1 heteroatoms. The molecule has 0 saturated heterocycles. The highest BCUT2D eigenvalue weighted by atomic mass is 16.1. The van der Waals surface area contributed by atoms with Crippen LogP contribution in [0.5, 0.6) is 0 Å². The maximum Gasteiger partial charge on any atom is 0.158 e. The second-order valence-electron chi connectivity index (χ2n) is 4.94. The fraction of sp³-hybridized carbons (Fsp3) is 0.750. The Balaban J connectivity index is 2.31. The number of carbonyl (C=O) groups excluding carboxylic acids is 1. The summed E-state index contributed by atoms with van der Waals surface area (Å²) in [5.74, 6) is 0.612. The molecule has 0 aromatic carbocycles. The van der Waals surface area contributed by atoms with Crippen molar-refractivity contribution in [2.45, 2.75) is 46.0 Å². The lowest BCUT2D eigenvalue weighted by Gasteiger charge is -2.41. The first kappa shape index (κ1) is 8.98. The van der Waals surface area contributed by atoms with Gasteiger partial charge in [-0.2, -0.15) is 0 Å². The lowest BCUT2D eigenvalue weighted by atomic mass is 9.63. The summed E-state index contributed by atoms with van der Waals surface area (Å²) in [6, 6.07) is 0. The van der Waals surface area contributed by atoms with Crippen LogP contribution in [0.4, 0.5) is 0 Å². The van der Waals surface area contributed by atoms with Gasteiger partial charge in [0.05, 0.1) is 0 Å². The fourth-order valence-electron chi connectivity index (χ4n) is 2.86. The average molecular weight is 178 g/mol. The maximum absolute atomic E-state index is 11.5. The van der Waals surface area contributed by atoms with Gasteiger partial charge in [0, 0.05) is 5.92 Å². The van der Waals surface area contributed by atoms with E-state index < -0.39 is 0 Å². The van der Waals surface area contributed by atoms with E-state index in [1.165, 1.54) is 24.8 Å². The van der Waals surface area contributed by atoms with Gasteiger partial charge >= 0.3 is 0 Å². The van der Waals surface area contributed by atoms with Gasteiger partial charge in [0.25, 0.3) is 0 Å². The van der Waals surface area contributed by atoms with Gasteiger partial charge in [0.1, 0.15) is 0 Å². The Morgan fingerprint density at radius 3 is 3.00 bits per heavy atom. The minimum absolute atomic E-state index is 0.256. The van der Waals surface area contributed by atoms with Gasteiger partial charge in [-0.25, -0.2) is 0 Å². The second-order valence-corrected chi connectivity index (χ2v) is 4.94. The number of hydrogen-bond acceptors (Lipinski definition) is 1. The van der Waals surface area contributed by atoms with Crippen molar-refractivity contribution in [2.75, 3.05) is 0 Å². The highest BCUT2D eigenvalue weighted by molar-refractivity contribution is 5.93. The largest absolute Gasteiger partial charge is 0.295 e. The molecule has 1 saturated carbocycles. The molecular formula is C12H18O. The van der Waals surface area contributed by atoms with Crippen LogP contribution in [0.25, 0.3) is 0 Å². The molecule has 2 aliphatic carbocycles. The van der Waals surface area contributed by atoms with Crippen molar-refractivity contribution in [3.05, 3.63) is 11.6 Å². The van der Waals surface area contributed by atoms with E-state index in [2.05, 4.69) is 13.8 Å². The van der Waals surface area contributed by atoms with Crippen LogP contribution in [-0.4, -0.2) is 5.78 Å². The van der Waals surface area contributed by atoms with Crippen LogP contribution in [-0.2, 0) is 4.79 Å². The van der Waals surface area contributed by atoms with Crippen molar-refractivity contribution >= 4 is 5.78 Å². The highest BCUT2D eigenvalue weighted by Gasteiger charge is 2.37. The molecule has 0 N–H and O–H groups in total. The molecule has 1 nitrogen and oxygen atoms in total. The quantitative estimate of drug-likeness (QED) is 0.557. The van der Waals surface area contributed by atoms with Crippen molar-refractivity contribution in [3.63, 3.8) is 0 Å². The summed E-state index contributed by atoms with van der Waals surface area (Å²) in [6.07, 6.45) is 8.09. The van der Waals surface area contributed by atoms with Crippen LogP contribution in [0.15, 0.2) is 11.6 Å². The number of allylic oxidation sites excluding steroid dienone is 2. The number of hydrogen-bond donors (Lipinski definition) is 0. The normalized spacial score (nSPS) is 39.7. The SMILES string of the molecule is CC1CC2(C)CCCCC2=CC1=O. The Morgan fingerprint density at radius 2 is 2.23 bits per heavy atom. The minimum Gasteiger partial charge on any atom is -0.295 e. The van der Waals surface area contributed by atoms with Crippen LogP contribution >= 0.6 is 0 Å². The molecular weight excluding hydrogens is 160 g/mol. The van der Waals surface area contributed by atoms with Gasteiger partial charge in [0.15, 0.2) is 5.78 Å². The molecule has 0 aromatic heterocycles. The summed E-state index contributed by atoms with van der Waals surface area (Å²) in [5.41, 5.74) is 1.80. The van der Waals surface area contributed by atoms with Crippen molar-refractivity contribution in [1.82, 2.24) is 0 Å². The zero-order valence-corrected chi connectivity index (χ0v) is 8.60. The van der Waals surface area contributed by atoms with E-state index in [4.69, 9.17) is 0 Å². The topological polar surface area (TPSA) is 17.1 Å². The Kier molecular flexibility index (Phi) is 2.05. The molecule has 2 atom stereocenters. The summed E-state index contributed by atoms with van der Waals surface area (Å²) in [7, 11) is 0. The Hall–Kier alpha value is -0.590. The lowest BCUT2D eigenvalue weighted by Crippen LogP contribution is -2.32. The lowest BCUT2D eigenvalue weighted by molar-refractivity contribution is -0.119. The molecule has 13 heavy (non-hydrogen) atoms. The zero-order valence-electron chi connectivity index (χ0n) is 8.60. The molecule has 0 amide bonds. The third-order valence-electron chi connectivity index (χ3n) is 3.76. The third kappa shape index (κ3) is 1.45. The van der Waals surface area contributed by atoms with Crippen LogP contribution in [0.2, 0.25) is 0 Å². The molecule has 2 rings (SSSR count). The van der Waals surface area contributed by atoms with Gasteiger partial charge in [0.2, 0.25) is 0 Å². The summed E-state index contributed by atoms with van der Waals surface area (Å²) >= 11 is 0. The van der Waals surface area contributed by atoms with E-state index in [9.17, 15) is 4.79 Å². The number of carbonyl (C=O) groups is 1. The van der Waals surface area contributed by atoms with Crippen LogP contribution in [0.1, 0.15) is 46.0 Å². The van der Waals surface area contributed by atoms with Gasteiger partial charge < -0.3 is 0 Å². The summed E-state index contributed by atoms with van der Waals surface area (Å²) < 4.78 is 0. The van der Waals surface area contributed by atoms with Gasteiger partial charge in [-0.1, -0.05) is 25.8 Å². The second kappa shape index (κ2) is 2.97. The molecule has 0 heterocycles. The molecule has 2 aliphatic rings. The molecule has 72 valence electrons. The summed E-state index contributed by atoms with van der Waals surface area (Å²) in [6.45, 7) is 4.40. The van der Waals surface area contributed by atoms with E-state index >= 15 is 0 Å². The van der Waals surface area contributed by atoms with Gasteiger partial charge in [-0.05, 0) is 37.2 Å². The highest BCUT2D eigenvalue weighted by Crippen LogP contribution is 2.47. The van der Waals surface area contributed by atoms with Gasteiger partial charge in [-0.3, -0.25) is 4.79 Å². The molecule has 0 aromatic rings. The smallest absolute Gasteiger partial charge is 0.158 e. The third-order valence-corrected chi connectivity index (χ3v) is 3.76. The first-order valence-electron chi connectivity index (χ1n) is 5.37. The monoisotopic (exact) mass is 178 g/mol. The fourth-order valence-corrected chi connectivity index (χ4v) is 2.86. The maximum atomic E-state index is 11.5. The Morgan fingerprint density at radius 1 is 1.46 bits per heavy atom. The predicted octanol–water partition coefficient (Wildman–Crippen LogP) is 3.10. The average Bonchev–Trinajstić information content (AvgIpc) is 2.07. The van der Waals surface area contributed by atoms with Crippen molar-refractivity contribution in [2.24, 2.45) is 11.3 Å². The van der Waals surface area contributed by atoms with E-state index in [-0.39, 0.29) is 5.92 Å². The molecule has 2 unspecified atom stereocenters. The van der Waals surface area contributed by atoms with Gasteiger partial charge in [-0.15, -0.1) is 0 Å². The first-order valence-corrected chi connectivity index (χ1v) is 5.37. The Bertz CT molecular complexity index is 264. The van der Waals surface area contributed by atoms with E-state index in [1.54, 1.807) is 0 Å². The molecule has 0 spiro atoms. The standard InChI is InChI=1S/C12H18O/c1-9-8-12(2)6-4-3-5-10(12)7-11(9)13/h7,9H,3-6,8H2,1-2H3. The van der Waals surface area contributed by atoms with Crippen molar-refractivity contribution in [1.29, 1.82) is 0 Å². The van der Waals surface area contributed by atoms with Crippen molar-refractivity contribution in [3.8, 4) is 0 Å². The minimum atomic E-state index is 0.256. The Labute approximate surface area is 80.2 Å². The van der Waals surface area contributed by atoms with E-state index in [0.29, 0.717) is 11.2 Å². The summed E-state index contributed by atoms with van der Waals surface area (Å²) in [5, 5.41) is 0. The molecule has 1 fully saturated rings. The molecule has 0 radical (unpaired) electrons. The number of ketones is 1. The van der Waals surface area contributed by atoms with Crippen LogP contribution in [0.3, 0.4) is 0 Å². The molecule has 0 aliphatic heterocycles. The van der Waals surface area contributed by atoms with E-state index in [1.807, 2.05) is 6.08 Å². The van der Waals surface area contributed by atoms with Crippen LogP contribution < -0.4 is 0 Å². The van der Waals surface area contributed by atoms with Crippen LogP contribution in [0, 0.1) is 11.3 Å². The summed E-state index contributed by atoms with van der Waals surface area (Å²) in [4.78, 5) is 11.5. The number of fused-ring (bicyclic) bond motifs is 1. The van der Waals surface area contributed by atoms with E-state index in [0.717, 1.165) is 12.8 Å².